The summed E-state index contributed by atoms with van der Waals surface area (Å²) in [6.45, 7) is 9.59. The van der Waals surface area contributed by atoms with Gasteiger partial charge in [0.1, 0.15) is 11.9 Å². The predicted molar refractivity (Wildman–Crippen MR) is 115 cm³/mol. The molecule has 1 N–H and O–H groups in total. The number of benzene rings is 2. The predicted octanol–water partition coefficient (Wildman–Crippen LogP) is 5.52. The third-order valence-electron chi connectivity index (χ3n) is 5.85. The molecule has 1 aliphatic carbocycles. The molecule has 1 unspecified atom stereocenters. The van der Waals surface area contributed by atoms with Crippen molar-refractivity contribution >= 4 is 0 Å². The lowest BCUT2D eigenvalue weighted by molar-refractivity contribution is 0.158. The Balaban J connectivity index is 1.34. The van der Waals surface area contributed by atoms with Crippen molar-refractivity contribution in [3.05, 3.63) is 77.0 Å². The highest BCUT2D eigenvalue weighted by atomic mass is 19.1. The summed E-state index contributed by atoms with van der Waals surface area (Å²) in [5.74, 6) is 1.51. The number of nitrogens with one attached hydrogen (secondary N) is 1. The smallest absolute Gasteiger partial charge is 0.138 e. The largest absolute Gasteiger partial charge is 0.493 e. The van der Waals surface area contributed by atoms with E-state index < -0.39 is 6.17 Å². The molecular weight excluding hydrogens is 363 g/mol. The minimum atomic E-state index is -0.966. The van der Waals surface area contributed by atoms with Gasteiger partial charge in [-0.1, -0.05) is 43.8 Å². The van der Waals surface area contributed by atoms with Gasteiger partial charge in [0.15, 0.2) is 0 Å². The van der Waals surface area contributed by atoms with Gasteiger partial charge in [0, 0.05) is 31.9 Å². The quantitative estimate of drug-likeness (QED) is 0.606. The molecule has 1 heterocycles. The van der Waals surface area contributed by atoms with Gasteiger partial charge in [0.25, 0.3) is 0 Å². The maximum atomic E-state index is 14.9. The molecule has 1 fully saturated rings. The minimum Gasteiger partial charge on any atom is -0.493 e. The number of hydrogen-bond acceptors (Lipinski definition) is 3. The minimum absolute atomic E-state index is 0.429. The van der Waals surface area contributed by atoms with Crippen LogP contribution >= 0.6 is 0 Å². The van der Waals surface area contributed by atoms with Gasteiger partial charge < -0.3 is 10.1 Å². The van der Waals surface area contributed by atoms with Crippen LogP contribution in [0.2, 0.25) is 0 Å². The van der Waals surface area contributed by atoms with Crippen LogP contribution in [-0.2, 0) is 19.6 Å². The molecule has 0 aromatic heterocycles. The van der Waals surface area contributed by atoms with E-state index in [-0.39, 0.29) is 0 Å². The van der Waals surface area contributed by atoms with Crippen LogP contribution in [0, 0.1) is 5.92 Å². The number of hydrogen-bond donors (Lipinski definition) is 1. The zero-order valence-corrected chi connectivity index (χ0v) is 17.3. The lowest BCUT2D eigenvalue weighted by atomic mass is 9.97. The Morgan fingerprint density at radius 1 is 1.17 bits per heavy atom. The van der Waals surface area contributed by atoms with E-state index >= 15 is 0 Å². The van der Waals surface area contributed by atoms with Gasteiger partial charge in [-0.25, -0.2) is 4.39 Å². The Bertz CT molecular complexity index is 844. The second-order valence-corrected chi connectivity index (χ2v) is 8.38. The molecule has 2 aliphatic rings. The molecule has 0 bridgehead atoms. The summed E-state index contributed by atoms with van der Waals surface area (Å²) in [5.41, 5.74) is 5.36. The fourth-order valence-corrected chi connectivity index (χ4v) is 3.72. The second kappa shape index (κ2) is 9.00. The van der Waals surface area contributed by atoms with Gasteiger partial charge >= 0.3 is 0 Å². The van der Waals surface area contributed by atoms with Crippen molar-refractivity contribution in [3.8, 4) is 5.75 Å². The average Bonchev–Trinajstić information content (AvgIpc) is 3.56. The van der Waals surface area contributed by atoms with E-state index in [1.54, 1.807) is 0 Å². The first kappa shape index (κ1) is 20.0. The van der Waals surface area contributed by atoms with Gasteiger partial charge in [-0.15, -0.1) is 0 Å². The SMILES string of the molecule is C=C(CC)NCc1ccc(CN2Cc3ccc(OCC4CC4)cc3C(F)C2)cc1. The summed E-state index contributed by atoms with van der Waals surface area (Å²) in [6.07, 6.45) is 2.49. The third kappa shape index (κ3) is 5.39. The number of rotatable bonds is 9. The summed E-state index contributed by atoms with van der Waals surface area (Å²) in [4.78, 5) is 2.18. The molecule has 29 heavy (non-hydrogen) atoms. The van der Waals surface area contributed by atoms with Crippen LogP contribution in [0.4, 0.5) is 4.39 Å². The van der Waals surface area contributed by atoms with E-state index in [1.807, 2.05) is 18.2 Å². The molecule has 3 nitrogen and oxygen atoms in total. The number of fused-ring (bicyclic) bond motifs is 1. The van der Waals surface area contributed by atoms with E-state index in [1.165, 1.54) is 24.0 Å². The maximum absolute atomic E-state index is 14.9. The first-order valence-electron chi connectivity index (χ1n) is 10.7. The Labute approximate surface area is 173 Å². The molecule has 154 valence electrons. The number of alkyl halides is 1. The van der Waals surface area contributed by atoms with E-state index in [0.29, 0.717) is 12.5 Å². The monoisotopic (exact) mass is 394 g/mol. The second-order valence-electron chi connectivity index (χ2n) is 8.38. The fourth-order valence-electron chi connectivity index (χ4n) is 3.72. The van der Waals surface area contributed by atoms with E-state index in [4.69, 9.17) is 4.74 Å². The van der Waals surface area contributed by atoms with Crippen LogP contribution in [0.3, 0.4) is 0 Å². The number of allylic oxidation sites excluding steroid dienone is 1. The Kier molecular flexibility index (Phi) is 6.19. The number of nitrogens with zero attached hydrogens (tertiary/aromatic N) is 1. The molecule has 2 aromatic rings. The summed E-state index contributed by atoms with van der Waals surface area (Å²) in [6, 6.07) is 14.5. The van der Waals surface area contributed by atoms with Gasteiger partial charge in [-0.3, -0.25) is 4.90 Å². The molecule has 4 heteroatoms. The van der Waals surface area contributed by atoms with Crippen molar-refractivity contribution in [3.63, 3.8) is 0 Å². The van der Waals surface area contributed by atoms with Crippen molar-refractivity contribution in [2.24, 2.45) is 5.92 Å². The van der Waals surface area contributed by atoms with Crippen molar-refractivity contribution in [1.82, 2.24) is 10.2 Å². The third-order valence-corrected chi connectivity index (χ3v) is 5.85. The first-order chi connectivity index (χ1) is 14.1. The zero-order valence-electron chi connectivity index (χ0n) is 17.3. The maximum Gasteiger partial charge on any atom is 0.138 e. The van der Waals surface area contributed by atoms with Crippen molar-refractivity contribution in [2.45, 2.75) is 52.0 Å². The van der Waals surface area contributed by atoms with Gasteiger partial charge in [-0.2, -0.15) is 0 Å². The molecule has 0 spiro atoms. The van der Waals surface area contributed by atoms with Crippen molar-refractivity contribution < 1.29 is 9.13 Å². The standard InChI is InChI=1S/C25H31FN2O/c1-3-18(2)27-13-19-4-6-20(7-5-19)14-28-15-22-10-11-23(29-17-21-8-9-21)12-24(22)25(26)16-28/h4-7,10-12,21,25,27H,2-3,8-9,13-17H2,1H3. The lowest BCUT2D eigenvalue weighted by Gasteiger charge is -2.31. The van der Waals surface area contributed by atoms with Crippen LogP contribution < -0.4 is 10.1 Å². The van der Waals surface area contributed by atoms with Crippen LogP contribution in [0.1, 0.15) is 54.6 Å². The highest BCUT2D eigenvalue weighted by molar-refractivity contribution is 5.39. The summed E-state index contributed by atoms with van der Waals surface area (Å²) >= 11 is 0. The van der Waals surface area contributed by atoms with Crippen LogP contribution in [0.5, 0.6) is 5.75 Å². The van der Waals surface area contributed by atoms with Crippen molar-refractivity contribution in [1.29, 1.82) is 0 Å². The van der Waals surface area contributed by atoms with Gasteiger partial charge in [0.05, 0.1) is 6.61 Å². The van der Waals surface area contributed by atoms with Gasteiger partial charge in [-0.05, 0) is 59.6 Å². The highest BCUT2D eigenvalue weighted by Crippen LogP contribution is 2.34. The normalized spacial score (nSPS) is 18.9. The summed E-state index contributed by atoms with van der Waals surface area (Å²) in [7, 11) is 0. The van der Waals surface area contributed by atoms with E-state index in [0.717, 1.165) is 55.2 Å². The van der Waals surface area contributed by atoms with E-state index in [2.05, 4.69) is 48.0 Å². The molecule has 0 amide bonds. The van der Waals surface area contributed by atoms with E-state index in [9.17, 15) is 4.39 Å². The Morgan fingerprint density at radius 2 is 1.93 bits per heavy atom. The zero-order chi connectivity index (χ0) is 20.2. The molecule has 1 atom stereocenters. The first-order valence-corrected chi connectivity index (χ1v) is 10.7. The molecule has 1 saturated carbocycles. The Hall–Kier alpha value is -2.33. The van der Waals surface area contributed by atoms with Crippen molar-refractivity contribution in [2.75, 3.05) is 13.2 Å². The number of ether oxygens (including phenoxy) is 1. The molecule has 4 rings (SSSR count). The average molecular weight is 395 g/mol. The fraction of sp³-hybridized carbons (Fsp3) is 0.440. The molecular formula is C25H31FN2O. The summed E-state index contributed by atoms with van der Waals surface area (Å²) < 4.78 is 20.7. The van der Waals surface area contributed by atoms with Gasteiger partial charge in [0.2, 0.25) is 0 Å². The lowest BCUT2D eigenvalue weighted by Crippen LogP contribution is -2.31. The van der Waals surface area contributed by atoms with Crippen LogP contribution in [0.25, 0.3) is 0 Å². The molecule has 2 aromatic carbocycles. The molecule has 0 radical (unpaired) electrons. The molecule has 0 saturated heterocycles. The topological polar surface area (TPSA) is 24.5 Å². The number of halogens is 1. The molecule has 1 aliphatic heterocycles. The van der Waals surface area contributed by atoms with Crippen LogP contribution in [0.15, 0.2) is 54.7 Å². The van der Waals surface area contributed by atoms with Crippen LogP contribution in [-0.4, -0.2) is 18.1 Å². The summed E-state index contributed by atoms with van der Waals surface area (Å²) in [5, 5.41) is 3.32. The highest BCUT2D eigenvalue weighted by Gasteiger charge is 2.26. The Morgan fingerprint density at radius 3 is 2.66 bits per heavy atom.